The van der Waals surface area contributed by atoms with Gasteiger partial charge in [0.15, 0.2) is 17.2 Å². The molecule has 0 unspecified atom stereocenters. The Morgan fingerprint density at radius 3 is 2.56 bits per heavy atom. The van der Waals surface area contributed by atoms with E-state index in [-0.39, 0.29) is 24.6 Å². The molecule has 1 saturated heterocycles. The van der Waals surface area contributed by atoms with Gasteiger partial charge in [-0.05, 0) is 50.1 Å². The van der Waals surface area contributed by atoms with Crippen molar-refractivity contribution in [3.63, 3.8) is 0 Å². The van der Waals surface area contributed by atoms with Gasteiger partial charge in [0.2, 0.25) is 6.79 Å². The number of carbonyl (C=O) groups is 2. The third kappa shape index (κ3) is 4.01. The van der Waals surface area contributed by atoms with Gasteiger partial charge in [-0.25, -0.2) is 4.68 Å². The second-order valence-electron chi connectivity index (χ2n) is 7.99. The van der Waals surface area contributed by atoms with E-state index >= 15 is 0 Å². The quantitative estimate of drug-likeness (QED) is 0.678. The van der Waals surface area contributed by atoms with E-state index in [2.05, 4.69) is 15.6 Å². The van der Waals surface area contributed by atoms with Crippen molar-refractivity contribution in [1.82, 2.24) is 25.2 Å². The summed E-state index contributed by atoms with van der Waals surface area (Å²) >= 11 is 0. The average Bonchev–Trinajstić information content (AvgIpc) is 3.49. The topological polar surface area (TPSA) is 98.6 Å². The highest BCUT2D eigenvalue weighted by molar-refractivity contribution is 5.95. The van der Waals surface area contributed by atoms with Gasteiger partial charge in [0.1, 0.15) is 0 Å². The Morgan fingerprint density at radius 1 is 1.03 bits per heavy atom. The van der Waals surface area contributed by atoms with Crippen LogP contribution in [0.15, 0.2) is 48.7 Å². The third-order valence-electron chi connectivity index (χ3n) is 5.76. The summed E-state index contributed by atoms with van der Waals surface area (Å²) in [4.78, 5) is 27.2. The van der Waals surface area contributed by atoms with E-state index < -0.39 is 0 Å². The van der Waals surface area contributed by atoms with Crippen LogP contribution in [0.1, 0.15) is 39.3 Å². The molecular formula is C23H23N5O4. The van der Waals surface area contributed by atoms with Crippen LogP contribution in [0, 0.1) is 6.92 Å². The fraction of sp³-hybridized carbons (Fsp3) is 0.304. The number of aromatic nitrogens is 3. The fourth-order valence-corrected chi connectivity index (χ4v) is 3.88. The molecule has 0 atom stereocenters. The van der Waals surface area contributed by atoms with Crippen molar-refractivity contribution in [2.24, 2.45) is 0 Å². The Kier molecular flexibility index (Phi) is 5.22. The van der Waals surface area contributed by atoms with E-state index in [1.807, 2.05) is 31.2 Å². The molecule has 9 heteroatoms. The van der Waals surface area contributed by atoms with Crippen molar-refractivity contribution in [3.05, 3.63) is 65.5 Å². The van der Waals surface area contributed by atoms with Crippen molar-refractivity contribution in [3.8, 4) is 17.2 Å². The molecule has 0 aliphatic carbocycles. The van der Waals surface area contributed by atoms with Gasteiger partial charge in [0, 0.05) is 24.7 Å². The third-order valence-corrected chi connectivity index (χ3v) is 5.76. The van der Waals surface area contributed by atoms with Gasteiger partial charge in [-0.1, -0.05) is 22.9 Å². The Balaban J connectivity index is 1.16. The van der Waals surface area contributed by atoms with Crippen LogP contribution in [0.4, 0.5) is 0 Å². The largest absolute Gasteiger partial charge is 0.454 e. The number of benzene rings is 2. The highest BCUT2D eigenvalue weighted by Crippen LogP contribution is 2.32. The van der Waals surface area contributed by atoms with Gasteiger partial charge in [-0.15, -0.1) is 5.10 Å². The second-order valence-corrected chi connectivity index (χ2v) is 7.99. The molecule has 164 valence electrons. The molecule has 1 fully saturated rings. The zero-order chi connectivity index (χ0) is 22.1. The van der Waals surface area contributed by atoms with E-state index in [4.69, 9.17) is 9.47 Å². The van der Waals surface area contributed by atoms with Gasteiger partial charge in [0.05, 0.1) is 11.9 Å². The molecule has 32 heavy (non-hydrogen) atoms. The summed E-state index contributed by atoms with van der Waals surface area (Å²) in [5, 5.41) is 11.2. The minimum Gasteiger partial charge on any atom is -0.454 e. The maximum atomic E-state index is 12.9. The van der Waals surface area contributed by atoms with Gasteiger partial charge in [-0.3, -0.25) is 9.59 Å². The Bertz CT molecular complexity index is 1150. The molecule has 1 N–H and O–H groups in total. The number of carbonyl (C=O) groups excluding carboxylic acids is 2. The number of amides is 2. The first-order chi connectivity index (χ1) is 15.6. The normalized spacial score (nSPS) is 15.6. The van der Waals surface area contributed by atoms with Crippen molar-refractivity contribution < 1.29 is 19.1 Å². The predicted octanol–water partition coefficient (Wildman–Crippen LogP) is 2.34. The number of likely N-dealkylation sites (tertiary alicyclic amines) is 1. The molecule has 0 bridgehead atoms. The van der Waals surface area contributed by atoms with Crippen LogP contribution in [-0.4, -0.2) is 57.6 Å². The number of fused-ring (bicyclic) bond motifs is 1. The number of aryl methyl sites for hydroxylation is 1. The van der Waals surface area contributed by atoms with Crippen LogP contribution < -0.4 is 14.8 Å². The SMILES string of the molecule is Cc1ccc(-n2cc(C(=O)N3CCC(NC(=O)c4ccc5c(c4)OCO5)CC3)nn2)cc1. The molecule has 2 amide bonds. The predicted molar refractivity (Wildman–Crippen MR) is 115 cm³/mol. The summed E-state index contributed by atoms with van der Waals surface area (Å²) in [5.41, 5.74) is 2.85. The van der Waals surface area contributed by atoms with E-state index in [1.54, 1.807) is 34.0 Å². The Morgan fingerprint density at radius 2 is 1.78 bits per heavy atom. The minimum absolute atomic E-state index is 0.000198. The number of hydrogen-bond donors (Lipinski definition) is 1. The van der Waals surface area contributed by atoms with Crippen molar-refractivity contribution in [2.45, 2.75) is 25.8 Å². The van der Waals surface area contributed by atoms with Crippen molar-refractivity contribution >= 4 is 11.8 Å². The standard InChI is InChI=1S/C23H23N5O4/c1-15-2-5-18(6-3-15)28-13-19(25-26-28)23(30)27-10-8-17(9-11-27)24-22(29)16-4-7-20-21(12-16)32-14-31-20/h2-7,12-13,17H,8-11,14H2,1H3,(H,24,29). The monoisotopic (exact) mass is 433 g/mol. The van der Waals surface area contributed by atoms with Crippen LogP contribution >= 0.6 is 0 Å². The lowest BCUT2D eigenvalue weighted by molar-refractivity contribution is 0.0692. The average molecular weight is 433 g/mol. The van der Waals surface area contributed by atoms with Crippen LogP contribution in [0.5, 0.6) is 11.5 Å². The first kappa shape index (κ1) is 20.0. The van der Waals surface area contributed by atoms with E-state index in [0.29, 0.717) is 48.7 Å². The molecular weight excluding hydrogens is 410 g/mol. The summed E-state index contributed by atoms with van der Waals surface area (Å²) < 4.78 is 12.2. The molecule has 2 aliphatic heterocycles. The summed E-state index contributed by atoms with van der Waals surface area (Å²) in [6, 6.07) is 13.0. The lowest BCUT2D eigenvalue weighted by atomic mass is 10.0. The van der Waals surface area contributed by atoms with Crippen LogP contribution in [0.2, 0.25) is 0 Å². The Hall–Kier alpha value is -3.88. The van der Waals surface area contributed by atoms with Crippen LogP contribution in [-0.2, 0) is 0 Å². The maximum absolute atomic E-state index is 12.9. The molecule has 5 rings (SSSR count). The second kappa shape index (κ2) is 8.33. The number of nitrogens with zero attached hydrogens (tertiary/aromatic N) is 4. The molecule has 0 spiro atoms. The summed E-state index contributed by atoms with van der Waals surface area (Å²) in [7, 11) is 0. The van der Waals surface area contributed by atoms with E-state index in [0.717, 1.165) is 11.3 Å². The summed E-state index contributed by atoms with van der Waals surface area (Å²) in [6.45, 7) is 3.28. The van der Waals surface area contributed by atoms with Gasteiger partial charge in [-0.2, -0.15) is 0 Å². The van der Waals surface area contributed by atoms with Crippen molar-refractivity contribution in [1.29, 1.82) is 0 Å². The first-order valence-electron chi connectivity index (χ1n) is 10.6. The van der Waals surface area contributed by atoms with Crippen LogP contribution in [0.25, 0.3) is 5.69 Å². The number of nitrogens with one attached hydrogen (secondary N) is 1. The maximum Gasteiger partial charge on any atom is 0.276 e. The number of ether oxygens (including phenoxy) is 2. The number of rotatable bonds is 4. The van der Waals surface area contributed by atoms with E-state index in [9.17, 15) is 9.59 Å². The first-order valence-corrected chi connectivity index (χ1v) is 10.6. The molecule has 0 radical (unpaired) electrons. The lowest BCUT2D eigenvalue weighted by Gasteiger charge is -2.31. The van der Waals surface area contributed by atoms with E-state index in [1.165, 1.54) is 0 Å². The molecule has 3 aromatic rings. The van der Waals surface area contributed by atoms with Crippen LogP contribution in [0.3, 0.4) is 0 Å². The minimum atomic E-state index is -0.158. The molecule has 2 aromatic carbocycles. The van der Waals surface area contributed by atoms with Gasteiger partial charge >= 0.3 is 0 Å². The molecule has 0 saturated carbocycles. The number of hydrogen-bond acceptors (Lipinski definition) is 6. The van der Waals surface area contributed by atoms with Gasteiger partial charge in [0.25, 0.3) is 11.8 Å². The molecule has 1 aromatic heterocycles. The summed E-state index contributed by atoms with van der Waals surface area (Å²) in [6.07, 6.45) is 3.00. The molecule has 3 heterocycles. The highest BCUT2D eigenvalue weighted by atomic mass is 16.7. The van der Waals surface area contributed by atoms with Crippen molar-refractivity contribution in [2.75, 3.05) is 19.9 Å². The highest BCUT2D eigenvalue weighted by Gasteiger charge is 2.27. The fourth-order valence-electron chi connectivity index (χ4n) is 3.88. The Labute approximate surface area is 184 Å². The number of piperidine rings is 1. The lowest BCUT2D eigenvalue weighted by Crippen LogP contribution is -2.46. The zero-order valence-corrected chi connectivity index (χ0v) is 17.7. The molecule has 2 aliphatic rings. The smallest absolute Gasteiger partial charge is 0.276 e. The zero-order valence-electron chi connectivity index (χ0n) is 17.7. The molecule has 9 nitrogen and oxygen atoms in total. The van der Waals surface area contributed by atoms with Gasteiger partial charge < -0.3 is 19.7 Å². The summed E-state index contributed by atoms with van der Waals surface area (Å²) in [5.74, 6) is 0.919.